The van der Waals surface area contributed by atoms with Crippen LogP contribution in [0.3, 0.4) is 0 Å². The first kappa shape index (κ1) is 12.0. The average Bonchev–Trinajstić information content (AvgIpc) is 2.39. The van der Waals surface area contributed by atoms with Gasteiger partial charge in [-0.25, -0.2) is 0 Å². The molecule has 0 bridgehead atoms. The van der Waals surface area contributed by atoms with Crippen molar-refractivity contribution in [2.45, 2.75) is 19.1 Å². The lowest BCUT2D eigenvalue weighted by atomic mass is 9.97. The number of methoxy groups -OCH3 is 1. The third kappa shape index (κ3) is 2.30. The molecule has 2 rings (SSSR count). The fraction of sp³-hybridized carbons (Fsp3) is 0.357. The number of benzene rings is 1. The SMILES string of the molecule is CNC(c1cccc2ccncc12)C(C)OC. The van der Waals surface area contributed by atoms with Crippen LogP contribution in [-0.2, 0) is 4.74 Å². The Kier molecular flexibility index (Phi) is 3.71. The number of nitrogens with one attached hydrogen (secondary N) is 1. The first-order chi connectivity index (χ1) is 8.27. The van der Waals surface area contributed by atoms with E-state index in [4.69, 9.17) is 4.74 Å². The van der Waals surface area contributed by atoms with Crippen molar-refractivity contribution in [2.24, 2.45) is 0 Å². The van der Waals surface area contributed by atoms with Crippen molar-refractivity contribution in [3.63, 3.8) is 0 Å². The highest BCUT2D eigenvalue weighted by Gasteiger charge is 2.18. The molecule has 2 unspecified atom stereocenters. The quantitative estimate of drug-likeness (QED) is 0.876. The molecular weight excluding hydrogens is 212 g/mol. The van der Waals surface area contributed by atoms with E-state index in [2.05, 4.69) is 35.4 Å². The van der Waals surface area contributed by atoms with Crippen LogP contribution in [0.25, 0.3) is 10.8 Å². The van der Waals surface area contributed by atoms with Gasteiger partial charge in [-0.05, 0) is 31.0 Å². The molecular formula is C14H18N2O. The summed E-state index contributed by atoms with van der Waals surface area (Å²) in [6, 6.07) is 8.51. The molecule has 17 heavy (non-hydrogen) atoms. The number of likely N-dealkylation sites (N-methyl/N-ethyl adjacent to an activating group) is 1. The molecule has 0 aliphatic carbocycles. The molecule has 0 radical (unpaired) electrons. The lowest BCUT2D eigenvalue weighted by molar-refractivity contribution is 0.0861. The topological polar surface area (TPSA) is 34.2 Å². The van der Waals surface area contributed by atoms with Gasteiger partial charge in [0.1, 0.15) is 0 Å². The number of hydrogen-bond donors (Lipinski definition) is 1. The van der Waals surface area contributed by atoms with Gasteiger partial charge in [-0.3, -0.25) is 4.98 Å². The van der Waals surface area contributed by atoms with E-state index in [0.717, 1.165) is 0 Å². The fourth-order valence-corrected chi connectivity index (χ4v) is 2.19. The van der Waals surface area contributed by atoms with Crippen LogP contribution in [0.15, 0.2) is 36.7 Å². The van der Waals surface area contributed by atoms with Gasteiger partial charge < -0.3 is 10.1 Å². The zero-order valence-electron chi connectivity index (χ0n) is 10.5. The minimum atomic E-state index is 0.116. The average molecular weight is 230 g/mol. The number of nitrogens with zero attached hydrogens (tertiary/aromatic N) is 1. The largest absolute Gasteiger partial charge is 0.380 e. The maximum absolute atomic E-state index is 5.42. The van der Waals surface area contributed by atoms with Crippen LogP contribution >= 0.6 is 0 Å². The maximum Gasteiger partial charge on any atom is 0.0738 e. The molecule has 0 aliphatic heterocycles. The van der Waals surface area contributed by atoms with Gasteiger partial charge in [-0.15, -0.1) is 0 Å². The molecule has 0 fully saturated rings. The van der Waals surface area contributed by atoms with E-state index >= 15 is 0 Å². The minimum Gasteiger partial charge on any atom is -0.380 e. The molecule has 0 amide bonds. The Hall–Kier alpha value is -1.45. The van der Waals surface area contributed by atoms with Crippen molar-refractivity contribution in [1.82, 2.24) is 10.3 Å². The lowest BCUT2D eigenvalue weighted by Gasteiger charge is -2.24. The molecule has 0 aliphatic rings. The Morgan fingerprint density at radius 2 is 2.12 bits per heavy atom. The summed E-state index contributed by atoms with van der Waals surface area (Å²) in [5.74, 6) is 0. The third-order valence-electron chi connectivity index (χ3n) is 3.20. The van der Waals surface area contributed by atoms with Crippen LogP contribution in [-0.4, -0.2) is 25.2 Å². The second-order valence-electron chi connectivity index (χ2n) is 4.15. The number of ether oxygens (including phenoxy) is 1. The summed E-state index contributed by atoms with van der Waals surface area (Å²) in [5.41, 5.74) is 1.23. The molecule has 0 saturated carbocycles. The summed E-state index contributed by atoms with van der Waals surface area (Å²) in [5, 5.41) is 5.70. The van der Waals surface area contributed by atoms with Gasteiger partial charge >= 0.3 is 0 Å². The summed E-state index contributed by atoms with van der Waals surface area (Å²) in [4.78, 5) is 4.21. The molecule has 2 atom stereocenters. The smallest absolute Gasteiger partial charge is 0.0738 e. The molecule has 1 aromatic heterocycles. The van der Waals surface area contributed by atoms with Gasteiger partial charge in [-0.2, -0.15) is 0 Å². The van der Waals surface area contributed by atoms with Gasteiger partial charge in [-0.1, -0.05) is 18.2 Å². The van der Waals surface area contributed by atoms with E-state index in [1.165, 1.54) is 16.3 Å². The molecule has 3 heteroatoms. The highest BCUT2D eigenvalue weighted by molar-refractivity contribution is 5.85. The van der Waals surface area contributed by atoms with Gasteiger partial charge in [0.25, 0.3) is 0 Å². The highest BCUT2D eigenvalue weighted by Crippen LogP contribution is 2.26. The number of aromatic nitrogens is 1. The zero-order chi connectivity index (χ0) is 12.3. The van der Waals surface area contributed by atoms with Gasteiger partial charge in [0.15, 0.2) is 0 Å². The van der Waals surface area contributed by atoms with Crippen LogP contribution in [0.1, 0.15) is 18.5 Å². The summed E-state index contributed by atoms with van der Waals surface area (Å²) in [6.07, 6.45) is 3.85. The van der Waals surface area contributed by atoms with Crippen LogP contribution < -0.4 is 5.32 Å². The number of hydrogen-bond acceptors (Lipinski definition) is 3. The Bertz CT molecular complexity index is 493. The van der Waals surface area contributed by atoms with Crippen LogP contribution in [0.5, 0.6) is 0 Å². The van der Waals surface area contributed by atoms with E-state index in [1.807, 2.05) is 25.5 Å². The third-order valence-corrected chi connectivity index (χ3v) is 3.20. The predicted octanol–water partition coefficient (Wildman–Crippen LogP) is 2.53. The molecule has 90 valence electrons. The summed E-state index contributed by atoms with van der Waals surface area (Å²) < 4.78 is 5.42. The zero-order valence-corrected chi connectivity index (χ0v) is 10.5. The second-order valence-corrected chi connectivity index (χ2v) is 4.15. The highest BCUT2D eigenvalue weighted by atomic mass is 16.5. The molecule has 3 nitrogen and oxygen atoms in total. The van der Waals surface area contributed by atoms with Crippen molar-refractivity contribution in [3.8, 4) is 0 Å². The fourth-order valence-electron chi connectivity index (χ4n) is 2.19. The monoisotopic (exact) mass is 230 g/mol. The summed E-state index contributed by atoms with van der Waals surface area (Å²) >= 11 is 0. The standard InChI is InChI=1S/C14H18N2O/c1-10(17-3)14(15-2)12-6-4-5-11-7-8-16-9-13(11)12/h4-10,14-15H,1-3H3. The van der Waals surface area contributed by atoms with Gasteiger partial charge in [0.05, 0.1) is 12.1 Å². The van der Waals surface area contributed by atoms with Crippen LogP contribution in [0.2, 0.25) is 0 Å². The summed E-state index contributed by atoms with van der Waals surface area (Å²) in [6.45, 7) is 2.07. The number of fused-ring (bicyclic) bond motifs is 1. The Labute approximate surface area is 102 Å². The van der Waals surface area contributed by atoms with Gasteiger partial charge in [0.2, 0.25) is 0 Å². The van der Waals surface area contributed by atoms with Crippen LogP contribution in [0.4, 0.5) is 0 Å². The maximum atomic E-state index is 5.42. The first-order valence-corrected chi connectivity index (χ1v) is 5.80. The Balaban J connectivity index is 2.53. The number of pyridine rings is 1. The van der Waals surface area contributed by atoms with E-state index in [0.29, 0.717) is 0 Å². The van der Waals surface area contributed by atoms with Crippen molar-refractivity contribution in [2.75, 3.05) is 14.2 Å². The van der Waals surface area contributed by atoms with Gasteiger partial charge in [0, 0.05) is 24.9 Å². The molecule has 0 spiro atoms. The molecule has 2 aromatic rings. The van der Waals surface area contributed by atoms with Crippen LogP contribution in [0, 0.1) is 0 Å². The normalized spacial score (nSPS) is 14.8. The minimum absolute atomic E-state index is 0.116. The van der Waals surface area contributed by atoms with E-state index in [9.17, 15) is 0 Å². The van der Waals surface area contributed by atoms with E-state index in [-0.39, 0.29) is 12.1 Å². The molecule has 1 aromatic carbocycles. The molecule has 1 heterocycles. The predicted molar refractivity (Wildman–Crippen MR) is 70.0 cm³/mol. The molecule has 0 saturated heterocycles. The van der Waals surface area contributed by atoms with Crippen molar-refractivity contribution >= 4 is 10.8 Å². The second kappa shape index (κ2) is 5.25. The molecule has 1 N–H and O–H groups in total. The Morgan fingerprint density at radius 1 is 1.29 bits per heavy atom. The number of rotatable bonds is 4. The Morgan fingerprint density at radius 3 is 2.82 bits per heavy atom. The lowest BCUT2D eigenvalue weighted by Crippen LogP contribution is -2.28. The van der Waals surface area contributed by atoms with E-state index in [1.54, 1.807) is 7.11 Å². The van der Waals surface area contributed by atoms with Crippen molar-refractivity contribution < 1.29 is 4.74 Å². The van der Waals surface area contributed by atoms with Crippen molar-refractivity contribution in [3.05, 3.63) is 42.2 Å². The van der Waals surface area contributed by atoms with Crippen molar-refractivity contribution in [1.29, 1.82) is 0 Å². The van der Waals surface area contributed by atoms with E-state index < -0.39 is 0 Å². The summed E-state index contributed by atoms with van der Waals surface area (Å²) in [7, 11) is 3.69. The first-order valence-electron chi connectivity index (χ1n) is 5.80.